The van der Waals surface area contributed by atoms with E-state index in [2.05, 4.69) is 38.6 Å². The van der Waals surface area contributed by atoms with Crippen LogP contribution in [0.1, 0.15) is 110 Å². The number of halogens is 2. The van der Waals surface area contributed by atoms with Crippen LogP contribution in [-0.4, -0.2) is 139 Å². The highest BCUT2D eigenvalue weighted by atomic mass is 32.2. The van der Waals surface area contributed by atoms with Crippen molar-refractivity contribution in [2.24, 2.45) is 11.8 Å². The number of piperidine rings is 1. The van der Waals surface area contributed by atoms with Gasteiger partial charge in [-0.2, -0.15) is 0 Å². The summed E-state index contributed by atoms with van der Waals surface area (Å²) in [6.45, 7) is 8.08. The largest absolute Gasteiger partial charge is 0.371 e. The summed E-state index contributed by atoms with van der Waals surface area (Å²) in [5.74, 6) is -0.863. The van der Waals surface area contributed by atoms with E-state index in [0.29, 0.717) is 44.2 Å². The highest BCUT2D eigenvalue weighted by molar-refractivity contribution is 8.00. The van der Waals surface area contributed by atoms with Crippen LogP contribution in [0.2, 0.25) is 0 Å². The summed E-state index contributed by atoms with van der Waals surface area (Å²) >= 11 is 1.64. The van der Waals surface area contributed by atoms with Crippen LogP contribution in [0, 0.1) is 22.0 Å². The van der Waals surface area contributed by atoms with Crippen LogP contribution >= 0.6 is 11.8 Å². The molecule has 0 bridgehead atoms. The van der Waals surface area contributed by atoms with Gasteiger partial charge in [-0.3, -0.25) is 35.0 Å². The molecule has 2 saturated carbocycles. The van der Waals surface area contributed by atoms with Crippen molar-refractivity contribution in [3.63, 3.8) is 0 Å². The number of thioether (sulfide) groups is 1. The van der Waals surface area contributed by atoms with Crippen LogP contribution in [0.25, 0.3) is 0 Å². The molecular weight excluding hydrogens is 767 g/mol. The predicted molar refractivity (Wildman–Crippen MR) is 214 cm³/mol. The molecule has 18 heteroatoms. The molecule has 4 heterocycles. The summed E-state index contributed by atoms with van der Waals surface area (Å²) in [5.41, 5.74) is 6.55. The number of hydrogen-bond donors (Lipinski definition) is 5. The second kappa shape index (κ2) is 19.9. The van der Waals surface area contributed by atoms with E-state index < -0.39 is 55.3 Å². The van der Waals surface area contributed by atoms with Gasteiger partial charge in [0.05, 0.1) is 36.4 Å². The number of alkyl halides is 2. The molecule has 1 spiro atoms. The Morgan fingerprint density at radius 2 is 1.71 bits per heavy atom. The second-order valence-corrected chi connectivity index (χ2v) is 21.4. The Morgan fingerprint density at radius 1 is 1.00 bits per heavy atom. The lowest BCUT2D eigenvalue weighted by Gasteiger charge is -2.61. The fraction of sp³-hybridized carbons (Fsp3) is 0.974. The Hall–Kier alpha value is -1.25. The monoisotopic (exact) mass is 835 g/mol. The summed E-state index contributed by atoms with van der Waals surface area (Å²) in [4.78, 5) is 25.0. The van der Waals surface area contributed by atoms with Gasteiger partial charge >= 0.3 is 0 Å². The number of amides is 1. The molecule has 6 fully saturated rings. The van der Waals surface area contributed by atoms with Crippen molar-refractivity contribution in [1.29, 1.82) is 0 Å². The standard InChI is InChI=1S/C38H68F2N8O6S2/c1-25-22-33(45-44-25)42-36-35(54-3)37(46-18-15-27(16-19-46)14-17-41-26(2)49)48(20-7-5-4-6-8-21-48)38(43-36)55-32-13-12-29(23-30(32)39)56(52,53)24-28-10-9-11-31(34(28)40)47(50)51/h25,27-38,42-45H,4-24H2,1-3H3/p+1. The highest BCUT2D eigenvalue weighted by Crippen LogP contribution is 2.45. The summed E-state index contributed by atoms with van der Waals surface area (Å²) in [6, 6.07) is -1.08. The van der Waals surface area contributed by atoms with Crippen LogP contribution in [0.3, 0.4) is 0 Å². The van der Waals surface area contributed by atoms with Crippen LogP contribution in [0.15, 0.2) is 0 Å². The van der Waals surface area contributed by atoms with Gasteiger partial charge in [0.15, 0.2) is 33.8 Å². The molecule has 12 atom stereocenters. The molecule has 0 aromatic heterocycles. The SMILES string of the molecule is COC1C(NC2CC(C)NN2)NC(SC2CCC(S(=O)(=O)CC3CCCC([N+](=O)[O-])C3F)CC2F)[N+]2(CCCCCCC2)C1N1CCC(CCNC(C)=O)CC1. The molecule has 6 rings (SSSR count). The number of methoxy groups -OCH3 is 1. The quantitative estimate of drug-likeness (QED) is 0.104. The minimum absolute atomic E-state index is 0.0000608. The number of rotatable bonds is 13. The predicted octanol–water partition coefficient (Wildman–Crippen LogP) is 3.55. The van der Waals surface area contributed by atoms with Gasteiger partial charge < -0.3 is 10.1 Å². The summed E-state index contributed by atoms with van der Waals surface area (Å²) in [6.07, 6.45) is 7.28. The molecule has 4 saturated heterocycles. The number of quaternary nitrogens is 1. The number of sulfone groups is 1. The average molecular weight is 836 g/mol. The summed E-state index contributed by atoms with van der Waals surface area (Å²) < 4.78 is 66.4. The fourth-order valence-corrected chi connectivity index (χ4v) is 14.7. The Kier molecular flexibility index (Phi) is 15.7. The lowest BCUT2D eigenvalue weighted by atomic mass is 9.85. The molecule has 0 aromatic carbocycles. The maximum atomic E-state index is 16.6. The van der Waals surface area contributed by atoms with Crippen molar-refractivity contribution in [2.45, 2.75) is 175 Å². The number of nitrogens with zero attached hydrogens (tertiary/aromatic N) is 3. The Bertz CT molecular complexity index is 1410. The van der Waals surface area contributed by atoms with Gasteiger partial charge in [-0.05, 0) is 96.3 Å². The zero-order valence-electron chi connectivity index (χ0n) is 33.7. The minimum atomic E-state index is -3.86. The van der Waals surface area contributed by atoms with Gasteiger partial charge in [0.25, 0.3) is 0 Å². The van der Waals surface area contributed by atoms with E-state index in [1.807, 2.05) is 0 Å². The van der Waals surface area contributed by atoms with Gasteiger partial charge in [-0.1, -0.05) is 18.2 Å². The molecule has 0 aromatic rings. The van der Waals surface area contributed by atoms with Crippen molar-refractivity contribution in [3.8, 4) is 0 Å². The van der Waals surface area contributed by atoms with E-state index >= 15 is 8.78 Å². The number of nitro groups is 1. The zero-order valence-corrected chi connectivity index (χ0v) is 35.4. The Labute approximate surface area is 337 Å². The fourth-order valence-electron chi connectivity index (χ4n) is 10.8. The van der Waals surface area contributed by atoms with Crippen molar-refractivity contribution in [3.05, 3.63) is 10.1 Å². The van der Waals surface area contributed by atoms with Crippen molar-refractivity contribution in [1.82, 2.24) is 31.7 Å². The number of nitrogens with one attached hydrogen (secondary N) is 5. The topological polar surface area (TPSA) is 167 Å². The van der Waals surface area contributed by atoms with Crippen LogP contribution in [-0.2, 0) is 19.4 Å². The Morgan fingerprint density at radius 3 is 2.34 bits per heavy atom. The lowest BCUT2D eigenvalue weighted by Crippen LogP contribution is -2.83. The number of carbonyl (C=O) groups excluding carboxylic acids is 1. The number of likely N-dealkylation sites (tertiary alicyclic amines) is 1. The van der Waals surface area contributed by atoms with E-state index in [0.717, 1.165) is 82.0 Å². The molecule has 322 valence electrons. The van der Waals surface area contributed by atoms with Crippen molar-refractivity contribution < 1.29 is 36.1 Å². The second-order valence-electron chi connectivity index (χ2n) is 17.8. The first kappa shape index (κ1) is 44.3. The van der Waals surface area contributed by atoms with Crippen molar-refractivity contribution in [2.75, 3.05) is 45.6 Å². The van der Waals surface area contributed by atoms with E-state index in [9.17, 15) is 23.3 Å². The molecule has 4 aliphatic heterocycles. The average Bonchev–Trinajstić information content (AvgIpc) is 3.56. The number of hydrazine groups is 1. The summed E-state index contributed by atoms with van der Waals surface area (Å²) in [5, 5.41) is 20.9. The van der Waals surface area contributed by atoms with E-state index in [1.54, 1.807) is 25.8 Å². The van der Waals surface area contributed by atoms with Gasteiger partial charge in [-0.25, -0.2) is 27.9 Å². The van der Waals surface area contributed by atoms with Crippen LogP contribution in [0.5, 0.6) is 0 Å². The molecule has 6 aliphatic rings. The Balaban J connectivity index is 1.22. The maximum Gasteiger partial charge on any atom is 0.244 e. The molecule has 14 nitrogen and oxygen atoms in total. The third-order valence-corrected chi connectivity index (χ3v) is 17.9. The molecule has 2 aliphatic carbocycles. The number of carbonyl (C=O) groups is 1. The van der Waals surface area contributed by atoms with Crippen molar-refractivity contribution >= 4 is 27.5 Å². The molecule has 0 radical (unpaired) electrons. The first-order valence-electron chi connectivity index (χ1n) is 21.5. The molecule has 56 heavy (non-hydrogen) atoms. The van der Waals surface area contributed by atoms with Gasteiger partial charge in [0.1, 0.15) is 6.17 Å². The zero-order chi connectivity index (χ0) is 40.0. The van der Waals surface area contributed by atoms with Gasteiger partial charge in [-0.15, -0.1) is 0 Å². The third-order valence-electron chi connectivity index (χ3n) is 13.9. The summed E-state index contributed by atoms with van der Waals surface area (Å²) in [7, 11) is -2.06. The lowest BCUT2D eigenvalue weighted by molar-refractivity contribution is -0.983. The van der Waals surface area contributed by atoms with Gasteiger partial charge in [0.2, 0.25) is 11.9 Å². The van der Waals surface area contributed by atoms with E-state index in [4.69, 9.17) is 4.74 Å². The molecule has 12 unspecified atom stereocenters. The first-order valence-corrected chi connectivity index (χ1v) is 24.2. The van der Waals surface area contributed by atoms with E-state index in [1.165, 1.54) is 6.42 Å². The smallest absolute Gasteiger partial charge is 0.244 e. The van der Waals surface area contributed by atoms with Crippen LogP contribution in [0.4, 0.5) is 8.78 Å². The van der Waals surface area contributed by atoms with Gasteiger partial charge in [0, 0.05) is 62.2 Å². The number of ether oxygens (including phenoxy) is 1. The molecular formula is C38H69F2N8O6S2+. The minimum Gasteiger partial charge on any atom is -0.371 e. The maximum absolute atomic E-state index is 16.6. The molecule has 1 amide bonds. The molecule has 5 N–H and O–H groups in total. The highest BCUT2D eigenvalue weighted by Gasteiger charge is 2.59. The number of hydrogen-bond acceptors (Lipinski definition) is 12. The third kappa shape index (κ3) is 10.5. The first-order chi connectivity index (χ1) is 26.8. The van der Waals surface area contributed by atoms with Crippen LogP contribution < -0.4 is 26.8 Å². The van der Waals surface area contributed by atoms with E-state index in [-0.39, 0.29) is 48.8 Å². The normalized spacial score (nSPS) is 39.2.